The molecule has 14 heteroatoms. The second-order valence-electron chi connectivity index (χ2n) is 9.48. The number of aromatic nitrogens is 3. The van der Waals surface area contributed by atoms with Crippen molar-refractivity contribution in [1.29, 1.82) is 0 Å². The van der Waals surface area contributed by atoms with Gasteiger partial charge in [0.25, 0.3) is 0 Å². The maximum Gasteiger partial charge on any atom is 0.490 e. The summed E-state index contributed by atoms with van der Waals surface area (Å²) in [5.41, 5.74) is 2.84. The first kappa shape index (κ1) is 29.4. The second-order valence-corrected chi connectivity index (χ2v) is 9.48. The maximum atomic E-state index is 10.6. The second kappa shape index (κ2) is 13.6. The molecule has 2 saturated heterocycles. The molecule has 4 N–H and O–H groups in total. The predicted molar refractivity (Wildman–Crippen MR) is 143 cm³/mol. The number of carbonyl (C=O) groups is 1. The number of aliphatic carboxylic acids is 1. The van der Waals surface area contributed by atoms with Crippen molar-refractivity contribution in [1.82, 2.24) is 24.8 Å². The van der Waals surface area contributed by atoms with E-state index in [9.17, 15) is 13.2 Å². The Morgan fingerprint density at radius 3 is 2.60 bits per heavy atom. The van der Waals surface area contributed by atoms with Crippen LogP contribution in [0.15, 0.2) is 36.5 Å². The van der Waals surface area contributed by atoms with Gasteiger partial charge in [0.1, 0.15) is 24.0 Å². The van der Waals surface area contributed by atoms with Gasteiger partial charge in [0.2, 0.25) is 0 Å². The van der Waals surface area contributed by atoms with Crippen LogP contribution in [0, 0.1) is 6.92 Å². The molecule has 4 heterocycles. The van der Waals surface area contributed by atoms with Crippen LogP contribution >= 0.6 is 0 Å². The number of nitrogens with zero attached hydrogens (tertiary/aromatic N) is 4. The van der Waals surface area contributed by atoms with Crippen LogP contribution in [-0.2, 0) is 9.53 Å². The van der Waals surface area contributed by atoms with Gasteiger partial charge >= 0.3 is 12.1 Å². The topological polar surface area (TPSA) is 125 Å². The molecule has 2 aromatic heterocycles. The Kier molecular flexibility index (Phi) is 10.0. The normalized spacial score (nSPS) is 18.1. The van der Waals surface area contributed by atoms with Crippen LogP contribution in [0.1, 0.15) is 18.4 Å². The quantitative estimate of drug-likeness (QED) is 0.323. The first-order valence-electron chi connectivity index (χ1n) is 13.1. The summed E-state index contributed by atoms with van der Waals surface area (Å²) >= 11 is 0. The number of nitrogens with one attached hydrogen (secondary N) is 3. The Labute approximate surface area is 229 Å². The van der Waals surface area contributed by atoms with Gasteiger partial charge in [-0.05, 0) is 50.6 Å². The Morgan fingerprint density at radius 2 is 1.95 bits per heavy atom. The van der Waals surface area contributed by atoms with E-state index < -0.39 is 12.1 Å². The molecule has 0 unspecified atom stereocenters. The van der Waals surface area contributed by atoms with Gasteiger partial charge in [-0.3, -0.25) is 4.90 Å². The van der Waals surface area contributed by atoms with E-state index in [1.54, 1.807) is 6.20 Å². The Hall–Kier alpha value is -3.62. The van der Waals surface area contributed by atoms with Crippen LogP contribution in [-0.4, -0.2) is 95.3 Å². The SMILES string of the molecule is Cc1c(N[C@H]2CCCNC2)nc2ccnn2c1Nc1ccc(OCCN2CCOCC2)cc1.O=C(O)C(F)(F)F. The highest BCUT2D eigenvalue weighted by molar-refractivity contribution is 5.73. The third kappa shape index (κ3) is 8.19. The molecule has 0 spiro atoms. The zero-order chi connectivity index (χ0) is 28.5. The fourth-order valence-electron chi connectivity index (χ4n) is 4.37. The summed E-state index contributed by atoms with van der Waals surface area (Å²) in [7, 11) is 0. The number of halogens is 3. The van der Waals surface area contributed by atoms with E-state index in [0.717, 1.165) is 86.6 Å². The number of morpholine rings is 1. The number of piperidine rings is 1. The first-order valence-corrected chi connectivity index (χ1v) is 13.1. The summed E-state index contributed by atoms with van der Waals surface area (Å²) in [4.78, 5) is 16.1. The van der Waals surface area contributed by atoms with Crippen molar-refractivity contribution in [2.75, 3.05) is 63.2 Å². The van der Waals surface area contributed by atoms with Gasteiger partial charge in [-0.2, -0.15) is 22.8 Å². The fraction of sp³-hybridized carbons (Fsp3) is 0.500. The number of benzene rings is 1. The molecule has 2 aliphatic rings. The molecule has 0 bridgehead atoms. The lowest BCUT2D eigenvalue weighted by atomic mass is 10.1. The van der Waals surface area contributed by atoms with Crippen molar-refractivity contribution in [3.05, 3.63) is 42.1 Å². The van der Waals surface area contributed by atoms with Gasteiger partial charge in [0.05, 0.1) is 19.4 Å². The third-order valence-electron chi connectivity index (χ3n) is 6.55. The predicted octanol–water partition coefficient (Wildman–Crippen LogP) is 3.29. The lowest BCUT2D eigenvalue weighted by Gasteiger charge is -2.26. The zero-order valence-corrected chi connectivity index (χ0v) is 22.2. The Balaban J connectivity index is 0.000000470. The van der Waals surface area contributed by atoms with Crippen molar-refractivity contribution in [3.8, 4) is 5.75 Å². The fourth-order valence-corrected chi connectivity index (χ4v) is 4.37. The molecule has 5 rings (SSSR count). The van der Waals surface area contributed by atoms with E-state index in [1.165, 1.54) is 6.42 Å². The average Bonchev–Trinajstić information content (AvgIpc) is 3.41. The minimum absolute atomic E-state index is 0.386. The van der Waals surface area contributed by atoms with Gasteiger partial charge in [-0.25, -0.2) is 9.78 Å². The summed E-state index contributed by atoms with van der Waals surface area (Å²) in [6.45, 7) is 9.31. The third-order valence-corrected chi connectivity index (χ3v) is 6.55. The molecule has 2 aliphatic heterocycles. The van der Waals surface area contributed by atoms with Crippen LogP contribution < -0.4 is 20.7 Å². The Bertz CT molecular complexity index is 1240. The van der Waals surface area contributed by atoms with Gasteiger partial charge in [-0.1, -0.05) is 0 Å². The summed E-state index contributed by atoms with van der Waals surface area (Å²) in [5.74, 6) is -0.0660. The maximum absolute atomic E-state index is 10.6. The molecule has 218 valence electrons. The minimum atomic E-state index is -5.08. The number of ether oxygens (including phenoxy) is 2. The number of hydrogen-bond acceptors (Lipinski definition) is 9. The van der Waals surface area contributed by atoms with E-state index >= 15 is 0 Å². The molecule has 3 aromatic rings. The van der Waals surface area contributed by atoms with E-state index in [4.69, 9.17) is 24.4 Å². The molecule has 40 heavy (non-hydrogen) atoms. The highest BCUT2D eigenvalue weighted by Gasteiger charge is 2.38. The van der Waals surface area contributed by atoms with E-state index in [0.29, 0.717) is 12.6 Å². The highest BCUT2D eigenvalue weighted by Crippen LogP contribution is 2.28. The van der Waals surface area contributed by atoms with Gasteiger partial charge in [-0.15, -0.1) is 0 Å². The zero-order valence-electron chi connectivity index (χ0n) is 22.2. The Morgan fingerprint density at radius 1 is 1.23 bits per heavy atom. The first-order chi connectivity index (χ1) is 19.2. The molecule has 1 aromatic carbocycles. The van der Waals surface area contributed by atoms with Crippen molar-refractivity contribution in [2.24, 2.45) is 0 Å². The number of anilines is 3. The van der Waals surface area contributed by atoms with E-state index in [-0.39, 0.29) is 0 Å². The van der Waals surface area contributed by atoms with Crippen molar-refractivity contribution in [3.63, 3.8) is 0 Å². The number of alkyl halides is 3. The number of fused-ring (bicyclic) bond motifs is 1. The van der Waals surface area contributed by atoms with E-state index in [1.807, 2.05) is 34.8 Å². The summed E-state index contributed by atoms with van der Waals surface area (Å²) < 4.78 is 44.9. The van der Waals surface area contributed by atoms with Gasteiger partial charge in [0.15, 0.2) is 5.65 Å². The monoisotopic (exact) mass is 565 g/mol. The van der Waals surface area contributed by atoms with Gasteiger partial charge in [0, 0.05) is 49.5 Å². The van der Waals surface area contributed by atoms with Crippen molar-refractivity contribution in [2.45, 2.75) is 32.0 Å². The molecule has 0 aliphatic carbocycles. The average molecular weight is 566 g/mol. The number of carboxylic acid groups (broad SMARTS) is 1. The smallest absolute Gasteiger partial charge is 0.490 e. The summed E-state index contributed by atoms with van der Waals surface area (Å²) in [6, 6.07) is 10.4. The molecular formula is C26H34F3N7O4. The van der Waals surface area contributed by atoms with Crippen molar-refractivity contribution < 1.29 is 32.5 Å². The molecule has 0 radical (unpaired) electrons. The van der Waals surface area contributed by atoms with Crippen LogP contribution in [0.25, 0.3) is 5.65 Å². The van der Waals surface area contributed by atoms with Crippen LogP contribution in [0.4, 0.5) is 30.5 Å². The highest BCUT2D eigenvalue weighted by atomic mass is 19.4. The lowest BCUT2D eigenvalue weighted by molar-refractivity contribution is -0.192. The summed E-state index contributed by atoms with van der Waals surface area (Å²) in [6.07, 6.45) is -0.976. The standard InChI is InChI=1S/C24H33N7O2.C2HF3O2/c1-18-23(27-20-3-2-9-25-17-20)29-22-8-10-26-31(22)24(18)28-19-4-6-21(7-5-19)33-16-13-30-11-14-32-15-12-30;3-2(4,5)1(6)7/h4-8,10,20,25,28H,2-3,9,11-17H2,1H3,(H,27,29);(H,6,7)/t20-;/m0./s1. The van der Waals surface area contributed by atoms with Gasteiger partial charge < -0.3 is 30.5 Å². The molecule has 0 saturated carbocycles. The van der Waals surface area contributed by atoms with Crippen molar-refractivity contribution >= 4 is 28.9 Å². The largest absolute Gasteiger partial charge is 0.492 e. The minimum Gasteiger partial charge on any atom is -0.492 e. The lowest BCUT2D eigenvalue weighted by Crippen LogP contribution is -2.38. The molecular weight excluding hydrogens is 531 g/mol. The summed E-state index contributed by atoms with van der Waals surface area (Å²) in [5, 5.41) is 22.2. The number of carboxylic acids is 1. The number of hydrogen-bond donors (Lipinski definition) is 4. The van der Waals surface area contributed by atoms with Crippen LogP contribution in [0.3, 0.4) is 0 Å². The molecule has 11 nitrogen and oxygen atoms in total. The van der Waals surface area contributed by atoms with Crippen LogP contribution in [0.2, 0.25) is 0 Å². The van der Waals surface area contributed by atoms with Crippen LogP contribution in [0.5, 0.6) is 5.75 Å². The molecule has 0 amide bonds. The number of rotatable bonds is 8. The molecule has 1 atom stereocenters. The van der Waals surface area contributed by atoms with E-state index in [2.05, 4.69) is 32.9 Å². The molecule has 2 fully saturated rings.